The number of hydrogen-bond acceptors (Lipinski definition) is 4. The van der Waals surface area contributed by atoms with Crippen LogP contribution < -0.4 is 5.32 Å². The maximum absolute atomic E-state index is 12.3. The molecule has 0 saturated carbocycles. The molecule has 7 heteroatoms. The predicted molar refractivity (Wildman–Crippen MR) is 71.2 cm³/mol. The summed E-state index contributed by atoms with van der Waals surface area (Å²) in [5.74, 6) is 0.413. The number of nitrogens with one attached hydrogen (secondary N) is 1. The molecule has 0 fully saturated rings. The van der Waals surface area contributed by atoms with Crippen molar-refractivity contribution in [3.8, 4) is 0 Å². The van der Waals surface area contributed by atoms with E-state index < -0.39 is 6.04 Å². The lowest BCUT2D eigenvalue weighted by atomic mass is 10.2. The van der Waals surface area contributed by atoms with Crippen molar-refractivity contribution in [1.29, 1.82) is 0 Å². The molecule has 2 rings (SSSR count). The zero-order chi connectivity index (χ0) is 14.0. The first-order valence-electron chi connectivity index (χ1n) is 5.96. The summed E-state index contributed by atoms with van der Waals surface area (Å²) in [5, 5.41) is 11.2. The highest BCUT2D eigenvalue weighted by Crippen LogP contribution is 2.22. The molecule has 0 aromatic carbocycles. The van der Waals surface area contributed by atoms with Crippen LogP contribution in [0.15, 0.2) is 16.9 Å². The average Bonchev–Trinajstić information content (AvgIpc) is 2.91. The number of carbonyl (C=O) groups is 1. The van der Waals surface area contributed by atoms with E-state index in [9.17, 15) is 4.79 Å². The van der Waals surface area contributed by atoms with Gasteiger partial charge in [0.05, 0.1) is 11.2 Å². The van der Waals surface area contributed by atoms with Crippen LogP contribution in [-0.2, 0) is 4.79 Å². The fourth-order valence-corrected chi connectivity index (χ4v) is 1.99. The number of aromatic nitrogens is 3. The number of carbonyl (C=O) groups excluding carboxylic acids is 1. The van der Waals surface area contributed by atoms with Crippen molar-refractivity contribution in [2.45, 2.75) is 33.2 Å². The standard InChI is InChI=1S/C12H15ClN4O2/c1-4-10(17-6-9(13)5-14-17)12(18)15-11-7(2)16-19-8(11)3/h5-6,10H,4H2,1-3H3,(H,15,18). The quantitative estimate of drug-likeness (QED) is 0.936. The first-order chi connectivity index (χ1) is 9.02. The Balaban J connectivity index is 2.18. The van der Waals surface area contributed by atoms with E-state index in [4.69, 9.17) is 16.1 Å². The topological polar surface area (TPSA) is 73.0 Å². The molecule has 2 aromatic rings. The van der Waals surface area contributed by atoms with Crippen molar-refractivity contribution in [2.75, 3.05) is 5.32 Å². The Morgan fingerprint density at radius 1 is 1.58 bits per heavy atom. The van der Waals surface area contributed by atoms with Crippen LogP contribution in [0.2, 0.25) is 5.02 Å². The molecule has 0 aliphatic rings. The Morgan fingerprint density at radius 3 is 2.79 bits per heavy atom. The Hall–Kier alpha value is -1.82. The number of nitrogens with zero attached hydrogens (tertiary/aromatic N) is 3. The molecule has 1 amide bonds. The molecule has 6 nitrogen and oxygen atoms in total. The number of halogens is 1. The average molecular weight is 283 g/mol. The van der Waals surface area contributed by atoms with Gasteiger partial charge in [0.2, 0.25) is 5.91 Å². The highest BCUT2D eigenvalue weighted by Gasteiger charge is 2.22. The van der Waals surface area contributed by atoms with Crippen molar-refractivity contribution in [1.82, 2.24) is 14.9 Å². The largest absolute Gasteiger partial charge is 0.359 e. The molecule has 2 heterocycles. The molecule has 1 atom stereocenters. The molecule has 1 unspecified atom stereocenters. The third kappa shape index (κ3) is 2.78. The van der Waals surface area contributed by atoms with Crippen molar-refractivity contribution in [3.63, 3.8) is 0 Å². The van der Waals surface area contributed by atoms with E-state index in [2.05, 4.69) is 15.6 Å². The fraction of sp³-hybridized carbons (Fsp3) is 0.417. The Kier molecular flexibility index (Phi) is 3.90. The molecular formula is C12H15ClN4O2. The van der Waals surface area contributed by atoms with Crippen molar-refractivity contribution in [3.05, 3.63) is 28.9 Å². The minimum Gasteiger partial charge on any atom is -0.359 e. The lowest BCUT2D eigenvalue weighted by Gasteiger charge is -2.15. The number of rotatable bonds is 4. The third-order valence-corrected chi connectivity index (χ3v) is 3.06. The molecule has 102 valence electrons. The number of hydrogen-bond donors (Lipinski definition) is 1. The van der Waals surface area contributed by atoms with Gasteiger partial charge in [0, 0.05) is 6.20 Å². The SMILES string of the molecule is CCC(C(=O)Nc1c(C)noc1C)n1cc(Cl)cn1. The zero-order valence-corrected chi connectivity index (χ0v) is 11.7. The molecule has 0 radical (unpaired) electrons. The maximum Gasteiger partial charge on any atom is 0.249 e. The predicted octanol–water partition coefficient (Wildman–Crippen LogP) is 2.73. The summed E-state index contributed by atoms with van der Waals surface area (Å²) in [6.07, 6.45) is 3.74. The highest BCUT2D eigenvalue weighted by atomic mass is 35.5. The van der Waals surface area contributed by atoms with E-state index in [1.54, 1.807) is 24.7 Å². The van der Waals surface area contributed by atoms with Crippen LogP contribution in [0.3, 0.4) is 0 Å². The third-order valence-electron chi connectivity index (χ3n) is 2.86. The fourth-order valence-electron chi connectivity index (χ4n) is 1.85. The Labute approximate surface area is 115 Å². The minimum absolute atomic E-state index is 0.170. The summed E-state index contributed by atoms with van der Waals surface area (Å²) in [7, 11) is 0. The lowest BCUT2D eigenvalue weighted by molar-refractivity contribution is -0.119. The zero-order valence-electron chi connectivity index (χ0n) is 11.0. The maximum atomic E-state index is 12.3. The van der Waals surface area contributed by atoms with Gasteiger partial charge >= 0.3 is 0 Å². The van der Waals surface area contributed by atoms with Crippen LogP contribution in [0.5, 0.6) is 0 Å². The minimum atomic E-state index is -0.416. The highest BCUT2D eigenvalue weighted by molar-refractivity contribution is 6.30. The number of aryl methyl sites for hydroxylation is 2. The van der Waals surface area contributed by atoms with Gasteiger partial charge in [0.25, 0.3) is 0 Å². The van der Waals surface area contributed by atoms with E-state index in [0.717, 1.165) is 0 Å². The van der Waals surface area contributed by atoms with Crippen LogP contribution in [-0.4, -0.2) is 20.8 Å². The smallest absolute Gasteiger partial charge is 0.249 e. The van der Waals surface area contributed by atoms with Crippen LogP contribution in [0.25, 0.3) is 0 Å². The van der Waals surface area contributed by atoms with Gasteiger partial charge < -0.3 is 9.84 Å². The second-order valence-electron chi connectivity index (χ2n) is 4.25. The second kappa shape index (κ2) is 5.44. The molecule has 0 aliphatic heterocycles. The van der Waals surface area contributed by atoms with Crippen molar-refractivity contribution < 1.29 is 9.32 Å². The molecular weight excluding hydrogens is 268 g/mol. The van der Waals surface area contributed by atoms with Crippen LogP contribution in [0, 0.1) is 13.8 Å². The van der Waals surface area contributed by atoms with Gasteiger partial charge in [-0.05, 0) is 20.3 Å². The molecule has 0 spiro atoms. The van der Waals surface area contributed by atoms with Crippen LogP contribution >= 0.6 is 11.6 Å². The molecule has 0 saturated heterocycles. The summed E-state index contributed by atoms with van der Waals surface area (Å²) in [4.78, 5) is 12.3. The molecule has 0 aliphatic carbocycles. The molecule has 19 heavy (non-hydrogen) atoms. The lowest BCUT2D eigenvalue weighted by Crippen LogP contribution is -2.26. The van der Waals surface area contributed by atoms with Gasteiger partial charge in [-0.2, -0.15) is 5.10 Å². The van der Waals surface area contributed by atoms with E-state index in [0.29, 0.717) is 28.6 Å². The van der Waals surface area contributed by atoms with Gasteiger partial charge in [-0.25, -0.2) is 0 Å². The summed E-state index contributed by atoms with van der Waals surface area (Å²) in [6, 6.07) is -0.416. The summed E-state index contributed by atoms with van der Waals surface area (Å²) < 4.78 is 6.56. The molecule has 1 N–H and O–H groups in total. The normalized spacial score (nSPS) is 12.4. The van der Waals surface area contributed by atoms with Gasteiger partial charge in [0.1, 0.15) is 17.4 Å². The molecule has 0 bridgehead atoms. The first kappa shape index (κ1) is 13.6. The van der Waals surface area contributed by atoms with Gasteiger partial charge in [-0.15, -0.1) is 0 Å². The van der Waals surface area contributed by atoms with E-state index in [-0.39, 0.29) is 5.91 Å². The van der Waals surface area contributed by atoms with Crippen LogP contribution in [0.1, 0.15) is 30.8 Å². The van der Waals surface area contributed by atoms with E-state index in [1.807, 2.05) is 6.92 Å². The van der Waals surface area contributed by atoms with Crippen LogP contribution in [0.4, 0.5) is 5.69 Å². The summed E-state index contributed by atoms with van der Waals surface area (Å²) in [5.41, 5.74) is 1.26. The van der Waals surface area contributed by atoms with E-state index in [1.165, 1.54) is 6.20 Å². The van der Waals surface area contributed by atoms with E-state index >= 15 is 0 Å². The number of amides is 1. The summed E-state index contributed by atoms with van der Waals surface area (Å²) >= 11 is 5.82. The summed E-state index contributed by atoms with van der Waals surface area (Å²) in [6.45, 7) is 5.44. The Bertz CT molecular complexity index is 571. The second-order valence-corrected chi connectivity index (χ2v) is 4.69. The van der Waals surface area contributed by atoms with Gasteiger partial charge in [-0.1, -0.05) is 23.7 Å². The Morgan fingerprint density at radius 2 is 2.32 bits per heavy atom. The first-order valence-corrected chi connectivity index (χ1v) is 6.34. The van der Waals surface area contributed by atoms with Crippen molar-refractivity contribution in [2.24, 2.45) is 0 Å². The number of anilines is 1. The van der Waals surface area contributed by atoms with Crippen molar-refractivity contribution >= 4 is 23.2 Å². The van der Waals surface area contributed by atoms with Gasteiger partial charge in [0.15, 0.2) is 5.76 Å². The monoisotopic (exact) mass is 282 g/mol. The molecule has 2 aromatic heterocycles. The van der Waals surface area contributed by atoms with Gasteiger partial charge in [-0.3, -0.25) is 9.48 Å².